The Bertz CT molecular complexity index is 654. The zero-order chi connectivity index (χ0) is 14.8. The Morgan fingerprint density at radius 2 is 1.70 bits per heavy atom. The third kappa shape index (κ3) is 2.59. The highest BCUT2D eigenvalue weighted by molar-refractivity contribution is 5.71. The van der Waals surface area contributed by atoms with Crippen LogP contribution in [-0.2, 0) is 6.18 Å². The minimum absolute atomic E-state index is 0.0146. The Morgan fingerprint density at radius 3 is 2.20 bits per heavy atom. The van der Waals surface area contributed by atoms with Gasteiger partial charge in [-0.3, -0.25) is 0 Å². The molecular formula is C15H10F3NO. The zero-order valence-corrected chi connectivity index (χ0v) is 10.5. The van der Waals surface area contributed by atoms with E-state index in [1.807, 2.05) is 0 Å². The Kier molecular flexibility index (Phi) is 3.66. The molecule has 0 amide bonds. The van der Waals surface area contributed by atoms with Gasteiger partial charge < -0.3 is 4.74 Å². The van der Waals surface area contributed by atoms with Gasteiger partial charge in [-0.2, -0.15) is 18.4 Å². The van der Waals surface area contributed by atoms with Crippen LogP contribution in [0.3, 0.4) is 0 Å². The number of nitrogens with zero attached hydrogens (tertiary/aromatic N) is 1. The summed E-state index contributed by atoms with van der Waals surface area (Å²) in [6, 6.07) is 11.8. The number of rotatable bonds is 2. The summed E-state index contributed by atoms with van der Waals surface area (Å²) in [7, 11) is 1.48. The van der Waals surface area contributed by atoms with Crippen LogP contribution in [0, 0.1) is 11.3 Å². The second-order valence-electron chi connectivity index (χ2n) is 4.07. The first-order chi connectivity index (χ1) is 9.47. The monoisotopic (exact) mass is 277 g/mol. The van der Waals surface area contributed by atoms with E-state index in [-0.39, 0.29) is 11.1 Å². The molecule has 2 aromatic carbocycles. The minimum atomic E-state index is -4.58. The Labute approximate surface area is 114 Å². The van der Waals surface area contributed by atoms with E-state index in [9.17, 15) is 13.2 Å². The molecule has 2 nitrogen and oxygen atoms in total. The Morgan fingerprint density at radius 1 is 1.05 bits per heavy atom. The van der Waals surface area contributed by atoms with Crippen molar-refractivity contribution in [1.82, 2.24) is 0 Å². The fraction of sp³-hybridized carbons (Fsp3) is 0.133. The van der Waals surface area contributed by atoms with Crippen molar-refractivity contribution in [1.29, 1.82) is 5.26 Å². The summed E-state index contributed by atoms with van der Waals surface area (Å²) < 4.78 is 44.4. The van der Waals surface area contributed by atoms with Gasteiger partial charge in [0, 0.05) is 0 Å². The zero-order valence-electron chi connectivity index (χ0n) is 10.5. The molecule has 0 bridgehead atoms. The lowest BCUT2D eigenvalue weighted by molar-refractivity contribution is -0.137. The number of ether oxygens (including phenoxy) is 1. The fourth-order valence-electron chi connectivity index (χ4n) is 1.96. The molecule has 0 atom stereocenters. The largest absolute Gasteiger partial charge is 0.497 e. The van der Waals surface area contributed by atoms with Gasteiger partial charge in [0.15, 0.2) is 0 Å². The van der Waals surface area contributed by atoms with Gasteiger partial charge in [-0.15, -0.1) is 0 Å². The van der Waals surface area contributed by atoms with E-state index < -0.39 is 11.7 Å². The Balaban J connectivity index is 2.64. The van der Waals surface area contributed by atoms with Crippen LogP contribution in [0.1, 0.15) is 11.1 Å². The van der Waals surface area contributed by atoms with Crippen molar-refractivity contribution in [2.75, 3.05) is 7.11 Å². The van der Waals surface area contributed by atoms with Crippen molar-refractivity contribution in [2.24, 2.45) is 0 Å². The lowest BCUT2D eigenvalue weighted by Gasteiger charge is -2.14. The first kappa shape index (κ1) is 13.9. The van der Waals surface area contributed by atoms with Gasteiger partial charge in [0.1, 0.15) is 5.75 Å². The lowest BCUT2D eigenvalue weighted by atomic mass is 9.95. The normalized spacial score (nSPS) is 10.9. The number of nitriles is 1. The summed E-state index contributed by atoms with van der Waals surface area (Å²) in [4.78, 5) is 0. The molecule has 0 saturated carbocycles. The molecule has 0 unspecified atom stereocenters. The van der Waals surface area contributed by atoms with Gasteiger partial charge in [-0.25, -0.2) is 0 Å². The van der Waals surface area contributed by atoms with E-state index in [1.165, 1.54) is 31.4 Å². The molecule has 0 spiro atoms. The van der Waals surface area contributed by atoms with Crippen molar-refractivity contribution in [3.05, 3.63) is 53.6 Å². The number of halogens is 3. The van der Waals surface area contributed by atoms with Gasteiger partial charge in [-0.05, 0) is 29.3 Å². The summed E-state index contributed by atoms with van der Waals surface area (Å²) in [5.74, 6) is 0.554. The molecule has 0 fully saturated rings. The summed E-state index contributed by atoms with van der Waals surface area (Å²) in [5.41, 5.74) is -0.923. The predicted octanol–water partition coefficient (Wildman–Crippen LogP) is 4.25. The maximum absolute atomic E-state index is 13.2. The lowest BCUT2D eigenvalue weighted by Crippen LogP contribution is -2.10. The average Bonchev–Trinajstić information content (AvgIpc) is 2.45. The van der Waals surface area contributed by atoms with Crippen LogP contribution in [-0.4, -0.2) is 7.11 Å². The summed E-state index contributed by atoms with van der Waals surface area (Å²) in [5, 5.41) is 8.87. The van der Waals surface area contributed by atoms with Crippen LogP contribution in [0.5, 0.6) is 5.75 Å². The topological polar surface area (TPSA) is 33.0 Å². The Hall–Kier alpha value is -2.48. The van der Waals surface area contributed by atoms with Gasteiger partial charge in [0.2, 0.25) is 0 Å². The first-order valence-electron chi connectivity index (χ1n) is 5.72. The van der Waals surface area contributed by atoms with E-state index in [0.717, 1.165) is 6.07 Å². The highest BCUT2D eigenvalue weighted by Crippen LogP contribution is 2.39. The first-order valence-corrected chi connectivity index (χ1v) is 5.72. The molecule has 0 aliphatic carbocycles. The van der Waals surface area contributed by atoms with E-state index in [4.69, 9.17) is 10.00 Å². The molecule has 2 aromatic rings. The van der Waals surface area contributed by atoms with Crippen LogP contribution >= 0.6 is 0 Å². The molecule has 20 heavy (non-hydrogen) atoms. The fourth-order valence-corrected chi connectivity index (χ4v) is 1.96. The molecule has 0 aliphatic heterocycles. The molecule has 0 radical (unpaired) electrons. The van der Waals surface area contributed by atoms with Crippen molar-refractivity contribution < 1.29 is 17.9 Å². The number of methoxy groups -OCH3 is 1. The molecule has 2 rings (SSSR count). The van der Waals surface area contributed by atoms with E-state index in [1.54, 1.807) is 18.2 Å². The molecule has 0 aliphatic rings. The van der Waals surface area contributed by atoms with E-state index in [2.05, 4.69) is 0 Å². The summed E-state index contributed by atoms with van der Waals surface area (Å²) in [6.07, 6.45) is -4.58. The molecule has 0 N–H and O–H groups in total. The second-order valence-corrected chi connectivity index (χ2v) is 4.07. The van der Waals surface area contributed by atoms with E-state index >= 15 is 0 Å². The van der Waals surface area contributed by atoms with E-state index in [0.29, 0.717) is 11.3 Å². The van der Waals surface area contributed by atoms with Crippen molar-refractivity contribution in [3.63, 3.8) is 0 Å². The molecule has 102 valence electrons. The smallest absolute Gasteiger partial charge is 0.418 e. The third-order valence-electron chi connectivity index (χ3n) is 2.87. The van der Waals surface area contributed by atoms with Gasteiger partial charge in [0.25, 0.3) is 0 Å². The maximum Gasteiger partial charge on any atom is 0.418 e. The van der Waals surface area contributed by atoms with Crippen molar-refractivity contribution in [3.8, 4) is 22.9 Å². The van der Waals surface area contributed by atoms with Gasteiger partial charge >= 0.3 is 6.18 Å². The number of alkyl halides is 3. The van der Waals surface area contributed by atoms with Gasteiger partial charge in [0.05, 0.1) is 24.3 Å². The standard InChI is InChI=1S/C15H10F3NO/c1-20-12-7-5-10(6-8-12)13-4-2-3-11(9-19)14(13)15(16,17)18/h2-8H,1H3. The number of hydrogen-bond acceptors (Lipinski definition) is 2. The van der Waals surface area contributed by atoms with Gasteiger partial charge in [-0.1, -0.05) is 24.3 Å². The van der Waals surface area contributed by atoms with Crippen LogP contribution < -0.4 is 4.74 Å². The van der Waals surface area contributed by atoms with Crippen LogP contribution in [0.15, 0.2) is 42.5 Å². The SMILES string of the molecule is COc1ccc(-c2cccc(C#N)c2C(F)(F)F)cc1. The summed E-state index contributed by atoms with van der Waals surface area (Å²) in [6.45, 7) is 0. The quantitative estimate of drug-likeness (QED) is 0.822. The van der Waals surface area contributed by atoms with Crippen molar-refractivity contribution in [2.45, 2.75) is 6.18 Å². The third-order valence-corrected chi connectivity index (χ3v) is 2.87. The van der Waals surface area contributed by atoms with Crippen LogP contribution in [0.2, 0.25) is 0 Å². The predicted molar refractivity (Wildman–Crippen MR) is 68.1 cm³/mol. The maximum atomic E-state index is 13.2. The highest BCUT2D eigenvalue weighted by Gasteiger charge is 2.36. The average molecular weight is 277 g/mol. The van der Waals surface area contributed by atoms with Crippen LogP contribution in [0.4, 0.5) is 13.2 Å². The summed E-state index contributed by atoms with van der Waals surface area (Å²) >= 11 is 0. The van der Waals surface area contributed by atoms with Crippen LogP contribution in [0.25, 0.3) is 11.1 Å². The second kappa shape index (κ2) is 5.25. The molecule has 0 saturated heterocycles. The highest BCUT2D eigenvalue weighted by atomic mass is 19.4. The minimum Gasteiger partial charge on any atom is -0.497 e. The molecule has 0 aromatic heterocycles. The molecule has 0 heterocycles. The molecular weight excluding hydrogens is 267 g/mol. The van der Waals surface area contributed by atoms with Crippen molar-refractivity contribution >= 4 is 0 Å². The number of hydrogen-bond donors (Lipinski definition) is 0. The number of benzene rings is 2. The molecule has 5 heteroatoms.